The van der Waals surface area contributed by atoms with Crippen LogP contribution in [0, 0.1) is 6.92 Å². The molecular weight excluding hydrogens is 312 g/mol. The summed E-state index contributed by atoms with van der Waals surface area (Å²) in [5.74, 6) is 1.88. The van der Waals surface area contributed by atoms with Crippen LogP contribution in [0.15, 0.2) is 29.3 Å². The molecule has 1 heterocycles. The van der Waals surface area contributed by atoms with E-state index in [-0.39, 0.29) is 0 Å². The van der Waals surface area contributed by atoms with E-state index < -0.39 is 0 Å². The molecule has 0 bridgehead atoms. The number of nitrogens with one attached hydrogen (secondary N) is 2. The maximum Gasteiger partial charge on any atom is 0.191 e. The smallest absolute Gasteiger partial charge is 0.191 e. The number of guanidine groups is 1. The zero-order valence-corrected chi connectivity index (χ0v) is 16.1. The lowest BCUT2D eigenvalue weighted by Crippen LogP contribution is -2.49. The minimum absolute atomic E-state index is 0.530. The number of aliphatic imine (C=N–C) groups is 1. The molecule has 140 valence electrons. The summed E-state index contributed by atoms with van der Waals surface area (Å²) in [6, 6.07) is 8.67. The van der Waals surface area contributed by atoms with Gasteiger partial charge in [0.05, 0.1) is 6.61 Å². The highest BCUT2D eigenvalue weighted by atomic mass is 16.5. The van der Waals surface area contributed by atoms with Crippen LogP contribution in [0.5, 0.6) is 5.75 Å². The van der Waals surface area contributed by atoms with E-state index in [9.17, 15) is 0 Å². The van der Waals surface area contributed by atoms with Gasteiger partial charge in [-0.25, -0.2) is 0 Å². The molecule has 1 saturated heterocycles. The Hall–Kier alpha value is -1.75. The van der Waals surface area contributed by atoms with Crippen LogP contribution in [-0.4, -0.2) is 56.7 Å². The first-order chi connectivity index (χ1) is 12.2. The highest BCUT2D eigenvalue weighted by Gasteiger charge is 2.19. The fraction of sp³-hybridized carbons (Fsp3) is 0.650. The van der Waals surface area contributed by atoms with Gasteiger partial charge in [0, 0.05) is 32.7 Å². The van der Waals surface area contributed by atoms with E-state index in [0.29, 0.717) is 12.6 Å². The molecule has 0 atom stereocenters. The molecule has 5 heteroatoms. The predicted octanol–water partition coefficient (Wildman–Crippen LogP) is 2.80. The average Bonchev–Trinajstić information content (AvgIpc) is 2.63. The molecule has 0 aliphatic carbocycles. The lowest BCUT2D eigenvalue weighted by molar-refractivity contribution is 0.206. The summed E-state index contributed by atoms with van der Waals surface area (Å²) in [4.78, 5) is 6.90. The first kappa shape index (κ1) is 19.6. The van der Waals surface area contributed by atoms with E-state index in [1.165, 1.54) is 44.5 Å². The Bertz CT molecular complexity index is 524. The molecule has 1 aromatic carbocycles. The number of aryl methyl sites for hydroxylation is 1. The average molecular weight is 347 g/mol. The van der Waals surface area contributed by atoms with Crippen molar-refractivity contribution in [3.63, 3.8) is 0 Å². The van der Waals surface area contributed by atoms with Crippen LogP contribution in [0.3, 0.4) is 0 Å². The number of ether oxygens (including phenoxy) is 1. The van der Waals surface area contributed by atoms with Gasteiger partial charge in [0.15, 0.2) is 5.96 Å². The van der Waals surface area contributed by atoms with Gasteiger partial charge in [-0.05, 0) is 50.8 Å². The van der Waals surface area contributed by atoms with Crippen molar-refractivity contribution in [1.82, 2.24) is 15.5 Å². The van der Waals surface area contributed by atoms with Gasteiger partial charge in [-0.2, -0.15) is 0 Å². The van der Waals surface area contributed by atoms with Gasteiger partial charge in [-0.3, -0.25) is 4.99 Å². The number of para-hydroxylation sites is 1. The van der Waals surface area contributed by atoms with Gasteiger partial charge in [-0.1, -0.05) is 25.1 Å². The van der Waals surface area contributed by atoms with Crippen molar-refractivity contribution < 1.29 is 4.74 Å². The summed E-state index contributed by atoms with van der Waals surface area (Å²) in [6.07, 6.45) is 4.57. The molecule has 25 heavy (non-hydrogen) atoms. The molecule has 0 spiro atoms. The van der Waals surface area contributed by atoms with Gasteiger partial charge in [0.1, 0.15) is 5.75 Å². The number of hydrogen-bond donors (Lipinski definition) is 2. The molecule has 1 aromatic rings. The Balaban J connectivity index is 1.60. The summed E-state index contributed by atoms with van der Waals surface area (Å²) >= 11 is 0. The molecule has 0 aromatic heterocycles. The predicted molar refractivity (Wildman–Crippen MR) is 106 cm³/mol. The summed E-state index contributed by atoms with van der Waals surface area (Å²) in [6.45, 7) is 9.49. The highest BCUT2D eigenvalue weighted by molar-refractivity contribution is 5.79. The number of nitrogens with zero attached hydrogens (tertiary/aromatic N) is 2. The second-order valence-corrected chi connectivity index (χ2v) is 6.73. The minimum Gasteiger partial charge on any atom is -0.493 e. The van der Waals surface area contributed by atoms with E-state index in [1.54, 1.807) is 0 Å². The third-order valence-corrected chi connectivity index (χ3v) is 4.66. The summed E-state index contributed by atoms with van der Waals surface area (Å²) < 4.78 is 5.83. The van der Waals surface area contributed by atoms with Gasteiger partial charge in [0.25, 0.3) is 0 Å². The molecule has 1 aliphatic heterocycles. The normalized spacial score (nSPS) is 16.7. The SMILES string of the molecule is CCCN1CCC(NC(=NC)NCCCOc2ccccc2C)CC1. The zero-order chi connectivity index (χ0) is 17.9. The Labute approximate surface area is 152 Å². The maximum absolute atomic E-state index is 5.83. The highest BCUT2D eigenvalue weighted by Crippen LogP contribution is 2.16. The number of likely N-dealkylation sites (tertiary alicyclic amines) is 1. The van der Waals surface area contributed by atoms with Crippen LogP contribution < -0.4 is 15.4 Å². The standard InChI is InChI=1S/C20H34N4O/c1-4-13-24-14-10-18(11-15-24)23-20(21-3)22-12-7-16-25-19-9-6-5-8-17(19)2/h5-6,8-9,18H,4,7,10-16H2,1-3H3,(H2,21,22,23). The third-order valence-electron chi connectivity index (χ3n) is 4.66. The molecule has 5 nitrogen and oxygen atoms in total. The van der Waals surface area contributed by atoms with Crippen molar-refractivity contribution in [3.05, 3.63) is 29.8 Å². The van der Waals surface area contributed by atoms with E-state index in [0.717, 1.165) is 24.7 Å². The molecule has 0 saturated carbocycles. The van der Waals surface area contributed by atoms with Crippen molar-refractivity contribution >= 4 is 5.96 Å². The third kappa shape index (κ3) is 6.94. The topological polar surface area (TPSA) is 48.9 Å². The Morgan fingerprint density at radius 1 is 1.28 bits per heavy atom. The summed E-state index contributed by atoms with van der Waals surface area (Å²) in [5.41, 5.74) is 1.18. The maximum atomic E-state index is 5.83. The molecule has 0 radical (unpaired) electrons. The number of benzene rings is 1. The largest absolute Gasteiger partial charge is 0.493 e. The fourth-order valence-corrected chi connectivity index (χ4v) is 3.18. The van der Waals surface area contributed by atoms with Crippen LogP contribution >= 0.6 is 0 Å². The van der Waals surface area contributed by atoms with Crippen LogP contribution in [0.2, 0.25) is 0 Å². The van der Waals surface area contributed by atoms with Crippen LogP contribution in [0.25, 0.3) is 0 Å². The molecule has 1 aliphatic rings. The van der Waals surface area contributed by atoms with Crippen molar-refractivity contribution in [1.29, 1.82) is 0 Å². The molecule has 1 fully saturated rings. The monoisotopic (exact) mass is 346 g/mol. The van der Waals surface area contributed by atoms with Crippen molar-refractivity contribution in [3.8, 4) is 5.75 Å². The molecular formula is C20H34N4O. The first-order valence-corrected chi connectivity index (χ1v) is 9.61. The van der Waals surface area contributed by atoms with Gasteiger partial charge < -0.3 is 20.3 Å². The Morgan fingerprint density at radius 3 is 2.72 bits per heavy atom. The second-order valence-electron chi connectivity index (χ2n) is 6.73. The zero-order valence-electron chi connectivity index (χ0n) is 16.1. The van der Waals surface area contributed by atoms with Crippen LogP contribution in [0.1, 0.15) is 38.2 Å². The quantitative estimate of drug-likeness (QED) is 0.432. The van der Waals surface area contributed by atoms with Crippen molar-refractivity contribution in [2.45, 2.75) is 45.6 Å². The second kappa shape index (κ2) is 11.0. The first-order valence-electron chi connectivity index (χ1n) is 9.61. The van der Waals surface area contributed by atoms with Gasteiger partial charge >= 0.3 is 0 Å². The Morgan fingerprint density at radius 2 is 2.04 bits per heavy atom. The molecule has 2 rings (SSSR count). The van der Waals surface area contributed by atoms with Crippen LogP contribution in [0.4, 0.5) is 0 Å². The van der Waals surface area contributed by atoms with E-state index in [1.807, 2.05) is 25.2 Å². The lowest BCUT2D eigenvalue weighted by Gasteiger charge is -2.32. The summed E-state index contributed by atoms with van der Waals surface area (Å²) in [7, 11) is 1.84. The molecule has 2 N–H and O–H groups in total. The van der Waals surface area contributed by atoms with Crippen LogP contribution in [-0.2, 0) is 0 Å². The number of piperidine rings is 1. The van der Waals surface area contributed by atoms with Gasteiger partial charge in [-0.15, -0.1) is 0 Å². The minimum atomic E-state index is 0.530. The van der Waals surface area contributed by atoms with Crippen molar-refractivity contribution in [2.24, 2.45) is 4.99 Å². The summed E-state index contributed by atoms with van der Waals surface area (Å²) in [5, 5.41) is 6.96. The Kier molecular flexibility index (Phi) is 8.60. The molecule has 0 unspecified atom stereocenters. The molecule has 0 amide bonds. The van der Waals surface area contributed by atoms with E-state index in [4.69, 9.17) is 4.74 Å². The van der Waals surface area contributed by atoms with Gasteiger partial charge in [0.2, 0.25) is 0 Å². The number of hydrogen-bond acceptors (Lipinski definition) is 3. The van der Waals surface area contributed by atoms with E-state index in [2.05, 4.69) is 40.4 Å². The van der Waals surface area contributed by atoms with E-state index >= 15 is 0 Å². The fourth-order valence-electron chi connectivity index (χ4n) is 3.18. The number of rotatable bonds is 8. The van der Waals surface area contributed by atoms with Crippen molar-refractivity contribution in [2.75, 3.05) is 39.8 Å². The lowest BCUT2D eigenvalue weighted by atomic mass is 10.1.